The Morgan fingerprint density at radius 1 is 1.00 bits per heavy atom. The Hall–Kier alpha value is -2.26. The Morgan fingerprint density at radius 3 is 1.79 bits per heavy atom. The van der Waals surface area contributed by atoms with Gasteiger partial charge in [0.05, 0.1) is 14.2 Å². The summed E-state index contributed by atoms with van der Waals surface area (Å²) in [4.78, 5) is 34.9. The predicted molar refractivity (Wildman–Crippen MR) is 85.0 cm³/mol. The van der Waals surface area contributed by atoms with Crippen LogP contribution in [0.25, 0.3) is 0 Å². The Morgan fingerprint density at radius 2 is 1.46 bits per heavy atom. The van der Waals surface area contributed by atoms with Gasteiger partial charge in [-0.15, -0.1) is 0 Å². The summed E-state index contributed by atoms with van der Waals surface area (Å²) >= 11 is 0. The summed E-state index contributed by atoms with van der Waals surface area (Å²) in [6.07, 6.45) is 0. The lowest BCUT2D eigenvalue weighted by atomic mass is 10.1. The molecule has 132 valence electrons. The van der Waals surface area contributed by atoms with Crippen LogP contribution in [0.5, 0.6) is 0 Å². The largest absolute Gasteiger partial charge is 0.468 e. The lowest BCUT2D eigenvalue weighted by molar-refractivity contribution is -0.150. The highest BCUT2D eigenvalue weighted by molar-refractivity contribution is 7.93. The second kappa shape index (κ2) is 8.02. The van der Waals surface area contributed by atoms with Crippen LogP contribution < -0.4 is 5.32 Å². The van der Waals surface area contributed by atoms with Crippen molar-refractivity contribution in [3.8, 4) is 0 Å². The first-order valence-corrected chi connectivity index (χ1v) is 8.48. The van der Waals surface area contributed by atoms with Crippen molar-refractivity contribution in [2.24, 2.45) is 0 Å². The van der Waals surface area contributed by atoms with Crippen LogP contribution >= 0.6 is 0 Å². The second-order valence-electron chi connectivity index (χ2n) is 4.86. The lowest BCUT2D eigenvalue weighted by Crippen LogP contribution is -2.44. The van der Waals surface area contributed by atoms with Crippen molar-refractivity contribution in [3.63, 3.8) is 0 Å². The molecule has 0 heterocycles. The minimum Gasteiger partial charge on any atom is -0.468 e. The molecule has 1 unspecified atom stereocenters. The van der Waals surface area contributed by atoms with Crippen LogP contribution in [0.3, 0.4) is 0 Å². The maximum atomic E-state index is 12.8. The van der Waals surface area contributed by atoms with Crippen molar-refractivity contribution < 1.29 is 32.3 Å². The van der Waals surface area contributed by atoms with Crippen LogP contribution in [0.15, 0.2) is 24.3 Å². The van der Waals surface area contributed by atoms with E-state index in [1.165, 1.54) is 38.2 Å². The number of ether oxygens (including phenoxy) is 2. The third-order valence-corrected chi connectivity index (χ3v) is 5.58. The minimum atomic E-state index is -4.37. The van der Waals surface area contributed by atoms with E-state index in [-0.39, 0.29) is 11.3 Å². The number of hydrogen-bond acceptors (Lipinski definition) is 8. The van der Waals surface area contributed by atoms with Crippen molar-refractivity contribution in [1.82, 2.24) is 5.32 Å². The molecule has 0 saturated heterocycles. The van der Waals surface area contributed by atoms with E-state index in [2.05, 4.69) is 14.8 Å². The first-order chi connectivity index (χ1) is 11.2. The Balaban J connectivity index is 3.35. The van der Waals surface area contributed by atoms with Gasteiger partial charge in [0.1, 0.15) is 5.37 Å². The molecule has 1 aromatic carbocycles. The van der Waals surface area contributed by atoms with E-state index in [1.54, 1.807) is 0 Å². The molecule has 9 heteroatoms. The van der Waals surface area contributed by atoms with Crippen molar-refractivity contribution in [2.75, 3.05) is 21.3 Å². The summed E-state index contributed by atoms with van der Waals surface area (Å²) in [7, 11) is -1.05. The van der Waals surface area contributed by atoms with Gasteiger partial charge in [-0.2, -0.15) is 0 Å². The fourth-order valence-corrected chi connectivity index (χ4v) is 3.99. The van der Waals surface area contributed by atoms with Crippen molar-refractivity contribution in [2.45, 2.75) is 17.5 Å². The molecule has 1 N–H and O–H groups in total. The molecule has 0 aliphatic rings. The number of ketones is 1. The average molecular weight is 357 g/mol. The van der Waals surface area contributed by atoms with Gasteiger partial charge in [-0.05, 0) is 19.5 Å². The normalized spacial score (nSPS) is 12.5. The van der Waals surface area contributed by atoms with Gasteiger partial charge in [0, 0.05) is 5.56 Å². The molecule has 0 amide bonds. The number of benzene rings is 1. The number of esters is 2. The number of Topliss-reactive ketones (excluding diaryl/α,β-unsaturated/α-hetero) is 1. The van der Waals surface area contributed by atoms with E-state index in [9.17, 15) is 22.8 Å². The lowest BCUT2D eigenvalue weighted by Gasteiger charge is -2.21. The third-order valence-electron chi connectivity index (χ3n) is 3.37. The van der Waals surface area contributed by atoms with E-state index in [0.717, 1.165) is 14.2 Å². The molecule has 1 rings (SSSR count). The maximum absolute atomic E-state index is 12.8. The van der Waals surface area contributed by atoms with Crippen molar-refractivity contribution >= 4 is 27.6 Å². The Labute approximate surface area is 140 Å². The van der Waals surface area contributed by atoms with Gasteiger partial charge in [0.15, 0.2) is 15.6 Å². The van der Waals surface area contributed by atoms with Gasteiger partial charge in [-0.1, -0.05) is 24.3 Å². The molecular weight excluding hydrogens is 338 g/mol. The number of methoxy groups -OCH3 is 2. The van der Waals surface area contributed by atoms with Crippen LogP contribution in [0.2, 0.25) is 0 Å². The van der Waals surface area contributed by atoms with Crippen molar-refractivity contribution in [3.05, 3.63) is 35.4 Å². The number of nitrogens with one attached hydrogen (secondary N) is 1. The van der Waals surface area contributed by atoms with Gasteiger partial charge in [0.2, 0.25) is 0 Å². The Bertz CT molecular complexity index is 709. The maximum Gasteiger partial charge on any atom is 0.335 e. The number of hydrogen-bond donors (Lipinski definition) is 1. The zero-order valence-corrected chi connectivity index (χ0v) is 14.5. The Kier molecular flexibility index (Phi) is 6.61. The summed E-state index contributed by atoms with van der Waals surface area (Å²) in [5, 5.41) is -0.916. The summed E-state index contributed by atoms with van der Waals surface area (Å²) in [6.45, 7) is 1.38. The number of carbonyl (C=O) groups is 3. The average Bonchev–Trinajstić information content (AvgIpc) is 2.55. The smallest absolute Gasteiger partial charge is 0.335 e. The molecule has 0 radical (unpaired) electrons. The van der Waals surface area contributed by atoms with Crippen LogP contribution in [-0.2, 0) is 28.9 Å². The number of rotatable bonds is 7. The summed E-state index contributed by atoms with van der Waals surface area (Å²) in [5.74, 6) is -2.64. The molecule has 8 nitrogen and oxygen atoms in total. The highest BCUT2D eigenvalue weighted by Gasteiger charge is 2.46. The molecule has 0 aliphatic heterocycles. The SMILES string of the molecule is CNC(c1ccc(C(C)=O)cc1)S(=O)(=O)C(C(=O)OC)C(=O)OC. The van der Waals surface area contributed by atoms with Crippen LogP contribution in [-0.4, -0.2) is 52.7 Å². The number of sulfone groups is 1. The molecular formula is C15H19NO7S. The standard InChI is InChI=1S/C15H19NO7S/c1-9(17)10-5-7-11(8-6-10)13(16-2)24(20,21)12(14(18)22-3)15(19)23-4/h5-8,12-13,16H,1-4H3. The quantitative estimate of drug-likeness (QED) is 0.419. The zero-order valence-electron chi connectivity index (χ0n) is 13.7. The molecule has 1 aromatic rings. The van der Waals surface area contributed by atoms with Gasteiger partial charge in [0.25, 0.3) is 5.25 Å². The van der Waals surface area contributed by atoms with Gasteiger partial charge in [-0.3, -0.25) is 14.4 Å². The fourth-order valence-electron chi connectivity index (χ4n) is 2.13. The van der Waals surface area contributed by atoms with E-state index in [4.69, 9.17) is 0 Å². The van der Waals surface area contributed by atoms with Crippen LogP contribution in [0, 0.1) is 0 Å². The van der Waals surface area contributed by atoms with E-state index in [0.29, 0.717) is 5.56 Å². The molecule has 24 heavy (non-hydrogen) atoms. The zero-order chi connectivity index (χ0) is 18.5. The minimum absolute atomic E-state index is 0.174. The van der Waals surface area contributed by atoms with E-state index >= 15 is 0 Å². The topological polar surface area (TPSA) is 116 Å². The molecule has 0 bridgehead atoms. The molecule has 0 spiro atoms. The summed E-state index contributed by atoms with van der Waals surface area (Å²) in [5.41, 5.74) is 0.670. The fraction of sp³-hybridized carbons (Fsp3) is 0.400. The van der Waals surface area contributed by atoms with Gasteiger partial charge >= 0.3 is 11.9 Å². The third kappa shape index (κ3) is 3.98. The summed E-state index contributed by atoms with van der Waals surface area (Å²) in [6, 6.07) is 5.79. The second-order valence-corrected chi connectivity index (χ2v) is 6.98. The molecule has 0 saturated carbocycles. The molecule has 0 fully saturated rings. The van der Waals surface area contributed by atoms with Crippen molar-refractivity contribution in [1.29, 1.82) is 0 Å². The van der Waals surface area contributed by atoms with Crippen LogP contribution in [0.4, 0.5) is 0 Å². The molecule has 0 aromatic heterocycles. The number of carbonyl (C=O) groups excluding carboxylic acids is 3. The highest BCUT2D eigenvalue weighted by atomic mass is 32.2. The monoisotopic (exact) mass is 357 g/mol. The molecule has 1 atom stereocenters. The molecule has 0 aliphatic carbocycles. The van der Waals surface area contributed by atoms with Gasteiger partial charge in [-0.25, -0.2) is 8.42 Å². The van der Waals surface area contributed by atoms with Gasteiger partial charge < -0.3 is 14.8 Å². The van der Waals surface area contributed by atoms with E-state index in [1.807, 2.05) is 0 Å². The highest BCUT2D eigenvalue weighted by Crippen LogP contribution is 2.25. The summed E-state index contributed by atoms with van der Waals surface area (Å²) < 4.78 is 34.3. The first-order valence-electron chi connectivity index (χ1n) is 6.87. The first kappa shape index (κ1) is 19.8. The predicted octanol–water partition coefficient (Wildman–Crippen LogP) is 0.237. The van der Waals surface area contributed by atoms with E-state index < -0.39 is 32.4 Å². The van der Waals surface area contributed by atoms with Crippen LogP contribution in [0.1, 0.15) is 28.2 Å².